The number of nitrogens with one attached hydrogen (secondary N) is 1. The standard InChI is InChI=1S/C10H16N2O5/c11-10(3-1-2-4-10)9(17)12-6(8(15)16)5-7(13)14/h6H,1-5,11H2,(H,12,17)(H,13,14)(H,15,16). The number of carbonyl (C=O) groups excluding carboxylic acids is 1. The fourth-order valence-electron chi connectivity index (χ4n) is 1.91. The highest BCUT2D eigenvalue weighted by atomic mass is 16.4. The molecule has 1 rings (SSSR count). The zero-order valence-corrected chi connectivity index (χ0v) is 9.31. The first kappa shape index (κ1) is 13.4. The fraction of sp³-hybridized carbons (Fsp3) is 0.700. The van der Waals surface area contributed by atoms with Crippen molar-refractivity contribution in [2.24, 2.45) is 5.73 Å². The minimum absolute atomic E-state index is 0.498. The molecule has 0 aromatic carbocycles. The number of carbonyl (C=O) groups is 3. The summed E-state index contributed by atoms with van der Waals surface area (Å²) in [5, 5.41) is 19.5. The van der Waals surface area contributed by atoms with Crippen LogP contribution in [0.15, 0.2) is 0 Å². The quantitative estimate of drug-likeness (QED) is 0.506. The predicted octanol–water partition coefficient (Wildman–Crippen LogP) is -0.698. The lowest BCUT2D eigenvalue weighted by molar-refractivity contribution is -0.147. The zero-order chi connectivity index (χ0) is 13.1. The van der Waals surface area contributed by atoms with Gasteiger partial charge in [-0.1, -0.05) is 12.8 Å². The highest BCUT2D eigenvalue weighted by Crippen LogP contribution is 2.27. The van der Waals surface area contributed by atoms with E-state index >= 15 is 0 Å². The number of carboxylic acids is 2. The maximum Gasteiger partial charge on any atom is 0.326 e. The molecule has 0 spiro atoms. The summed E-state index contributed by atoms with van der Waals surface area (Å²) < 4.78 is 0. The molecule has 1 atom stereocenters. The van der Waals surface area contributed by atoms with E-state index in [1.54, 1.807) is 0 Å². The number of nitrogens with two attached hydrogens (primary N) is 1. The smallest absolute Gasteiger partial charge is 0.326 e. The summed E-state index contributed by atoms with van der Waals surface area (Å²) in [6.45, 7) is 0. The summed E-state index contributed by atoms with van der Waals surface area (Å²) in [4.78, 5) is 33.0. The summed E-state index contributed by atoms with van der Waals surface area (Å²) in [6.07, 6.45) is 1.98. The van der Waals surface area contributed by atoms with Crippen LogP contribution < -0.4 is 11.1 Å². The molecule has 1 aliphatic rings. The van der Waals surface area contributed by atoms with Gasteiger partial charge in [0.25, 0.3) is 0 Å². The summed E-state index contributed by atoms with van der Waals surface area (Å²) in [5.74, 6) is -3.24. The summed E-state index contributed by atoms with van der Waals surface area (Å²) in [6, 6.07) is -1.43. The molecule has 96 valence electrons. The Morgan fingerprint density at radius 1 is 1.24 bits per heavy atom. The number of aliphatic carboxylic acids is 2. The first-order valence-corrected chi connectivity index (χ1v) is 5.39. The van der Waals surface area contributed by atoms with E-state index in [0.717, 1.165) is 12.8 Å². The van der Waals surface area contributed by atoms with Crippen LogP contribution in [-0.2, 0) is 14.4 Å². The van der Waals surface area contributed by atoms with Crippen LogP contribution in [0.3, 0.4) is 0 Å². The van der Waals surface area contributed by atoms with Gasteiger partial charge in [0.05, 0.1) is 12.0 Å². The molecule has 0 aromatic rings. The molecule has 0 bridgehead atoms. The van der Waals surface area contributed by atoms with Crippen LogP contribution in [0.25, 0.3) is 0 Å². The highest BCUT2D eigenvalue weighted by Gasteiger charge is 2.39. The molecule has 1 saturated carbocycles. The molecule has 7 heteroatoms. The van der Waals surface area contributed by atoms with Crippen LogP contribution in [0.5, 0.6) is 0 Å². The number of hydrogen-bond donors (Lipinski definition) is 4. The van der Waals surface area contributed by atoms with Gasteiger partial charge >= 0.3 is 11.9 Å². The summed E-state index contributed by atoms with van der Waals surface area (Å²) in [7, 11) is 0. The van der Waals surface area contributed by atoms with Gasteiger partial charge in [0, 0.05) is 0 Å². The van der Waals surface area contributed by atoms with Gasteiger partial charge in [-0.25, -0.2) is 4.79 Å². The zero-order valence-electron chi connectivity index (χ0n) is 9.31. The van der Waals surface area contributed by atoms with E-state index in [-0.39, 0.29) is 0 Å². The van der Waals surface area contributed by atoms with Gasteiger partial charge in [-0.2, -0.15) is 0 Å². The Morgan fingerprint density at radius 2 is 1.76 bits per heavy atom. The van der Waals surface area contributed by atoms with Crippen molar-refractivity contribution in [1.29, 1.82) is 0 Å². The van der Waals surface area contributed by atoms with Crippen molar-refractivity contribution >= 4 is 17.8 Å². The van der Waals surface area contributed by atoms with Gasteiger partial charge in [-0.05, 0) is 12.8 Å². The molecule has 17 heavy (non-hydrogen) atoms. The predicted molar refractivity (Wildman–Crippen MR) is 57.2 cm³/mol. The largest absolute Gasteiger partial charge is 0.481 e. The van der Waals surface area contributed by atoms with Crippen LogP contribution >= 0.6 is 0 Å². The van der Waals surface area contributed by atoms with Gasteiger partial charge in [-0.3, -0.25) is 9.59 Å². The van der Waals surface area contributed by atoms with Gasteiger partial charge in [-0.15, -0.1) is 0 Å². The SMILES string of the molecule is NC1(C(=O)NC(CC(=O)O)C(=O)O)CCCC1. The van der Waals surface area contributed by atoms with E-state index < -0.39 is 35.8 Å². The normalized spacial score (nSPS) is 19.6. The van der Waals surface area contributed by atoms with E-state index in [9.17, 15) is 14.4 Å². The third-order valence-corrected chi connectivity index (χ3v) is 2.93. The third kappa shape index (κ3) is 3.42. The lowest BCUT2D eigenvalue weighted by Crippen LogP contribution is -2.56. The molecule has 1 amide bonds. The minimum Gasteiger partial charge on any atom is -0.481 e. The van der Waals surface area contributed by atoms with Crippen molar-refractivity contribution in [2.45, 2.75) is 43.7 Å². The number of carboxylic acid groups (broad SMARTS) is 2. The van der Waals surface area contributed by atoms with E-state index in [1.165, 1.54) is 0 Å². The Kier molecular flexibility index (Phi) is 4.06. The lowest BCUT2D eigenvalue weighted by Gasteiger charge is -2.24. The molecule has 1 aliphatic carbocycles. The molecule has 5 N–H and O–H groups in total. The van der Waals surface area contributed by atoms with Crippen molar-refractivity contribution < 1.29 is 24.6 Å². The second kappa shape index (κ2) is 5.13. The molecule has 1 fully saturated rings. The molecular weight excluding hydrogens is 228 g/mol. The summed E-state index contributed by atoms with van der Waals surface area (Å²) in [5.41, 5.74) is 4.78. The third-order valence-electron chi connectivity index (χ3n) is 2.93. The van der Waals surface area contributed by atoms with Crippen LogP contribution in [0, 0.1) is 0 Å². The van der Waals surface area contributed by atoms with Gasteiger partial charge in [0.15, 0.2) is 0 Å². The van der Waals surface area contributed by atoms with E-state index in [2.05, 4.69) is 5.32 Å². The van der Waals surface area contributed by atoms with E-state index in [0.29, 0.717) is 12.8 Å². The van der Waals surface area contributed by atoms with Crippen molar-refractivity contribution in [1.82, 2.24) is 5.32 Å². The molecule has 0 aliphatic heterocycles. The Hall–Kier alpha value is -1.63. The van der Waals surface area contributed by atoms with Crippen molar-refractivity contribution in [2.75, 3.05) is 0 Å². The van der Waals surface area contributed by atoms with Gasteiger partial charge in [0.2, 0.25) is 5.91 Å². The topological polar surface area (TPSA) is 130 Å². The minimum atomic E-state index is -1.43. The van der Waals surface area contributed by atoms with Crippen molar-refractivity contribution in [3.63, 3.8) is 0 Å². The van der Waals surface area contributed by atoms with Gasteiger partial charge in [0.1, 0.15) is 6.04 Å². The van der Waals surface area contributed by atoms with Crippen molar-refractivity contribution in [3.05, 3.63) is 0 Å². The number of amides is 1. The Balaban J connectivity index is 2.63. The van der Waals surface area contributed by atoms with E-state index in [4.69, 9.17) is 15.9 Å². The summed E-state index contributed by atoms with van der Waals surface area (Å²) >= 11 is 0. The Morgan fingerprint density at radius 3 is 2.18 bits per heavy atom. The van der Waals surface area contributed by atoms with Crippen LogP contribution in [0.4, 0.5) is 0 Å². The first-order chi connectivity index (χ1) is 7.85. The molecular formula is C10H16N2O5. The molecule has 0 saturated heterocycles. The first-order valence-electron chi connectivity index (χ1n) is 5.39. The fourth-order valence-corrected chi connectivity index (χ4v) is 1.91. The van der Waals surface area contributed by atoms with Crippen LogP contribution in [-0.4, -0.2) is 39.6 Å². The molecule has 0 aromatic heterocycles. The average Bonchev–Trinajstić information content (AvgIpc) is 2.64. The molecule has 7 nitrogen and oxygen atoms in total. The Labute approximate surface area is 98.0 Å². The van der Waals surface area contributed by atoms with Crippen LogP contribution in [0.1, 0.15) is 32.1 Å². The van der Waals surface area contributed by atoms with Crippen molar-refractivity contribution in [3.8, 4) is 0 Å². The molecule has 0 radical (unpaired) electrons. The number of hydrogen-bond acceptors (Lipinski definition) is 4. The average molecular weight is 244 g/mol. The lowest BCUT2D eigenvalue weighted by atomic mass is 9.97. The number of rotatable bonds is 5. The molecule has 0 heterocycles. The second-order valence-electron chi connectivity index (χ2n) is 4.33. The highest BCUT2D eigenvalue weighted by molar-refractivity contribution is 5.91. The monoisotopic (exact) mass is 244 g/mol. The Bertz CT molecular complexity index is 336. The van der Waals surface area contributed by atoms with Gasteiger partial charge < -0.3 is 21.3 Å². The maximum atomic E-state index is 11.8. The molecule has 1 unspecified atom stereocenters. The maximum absolute atomic E-state index is 11.8. The second-order valence-corrected chi connectivity index (χ2v) is 4.33. The van der Waals surface area contributed by atoms with Crippen LogP contribution in [0.2, 0.25) is 0 Å². The van der Waals surface area contributed by atoms with E-state index in [1.807, 2.05) is 0 Å².